The molecule has 158 valence electrons. The third kappa shape index (κ3) is 3.82. The Morgan fingerprint density at radius 1 is 1.07 bits per heavy atom. The van der Waals surface area contributed by atoms with Crippen LogP contribution in [0.1, 0.15) is 5.56 Å². The highest BCUT2D eigenvalue weighted by Crippen LogP contribution is 2.43. The number of methoxy groups -OCH3 is 1. The molecule has 9 heteroatoms. The van der Waals surface area contributed by atoms with Gasteiger partial charge in [-0.2, -0.15) is 0 Å². The van der Waals surface area contributed by atoms with Crippen LogP contribution in [0.25, 0.3) is 0 Å². The molecule has 5 N–H and O–H groups in total. The van der Waals surface area contributed by atoms with Crippen LogP contribution in [0.4, 0.5) is 0 Å². The van der Waals surface area contributed by atoms with E-state index in [1.807, 2.05) is 0 Å². The van der Waals surface area contributed by atoms with E-state index in [0.717, 1.165) is 0 Å². The lowest BCUT2D eigenvalue weighted by atomic mass is 9.81. The molecule has 0 bridgehead atoms. The fourth-order valence-corrected chi connectivity index (χ4v) is 4.82. The molecule has 0 radical (unpaired) electrons. The molecule has 0 saturated carbocycles. The first-order chi connectivity index (χ1) is 13.8. The molecular weight excluding hydrogens is 400 g/mol. The first-order valence-corrected chi connectivity index (χ1v) is 10.1. The van der Waals surface area contributed by atoms with Crippen LogP contribution < -0.4 is 4.74 Å². The summed E-state index contributed by atoms with van der Waals surface area (Å²) >= 11 is 0. The van der Waals surface area contributed by atoms with Crippen LogP contribution in [0.15, 0.2) is 59.5 Å². The second-order valence-electron chi connectivity index (χ2n) is 6.89. The van der Waals surface area contributed by atoms with Gasteiger partial charge in [0.15, 0.2) is 5.60 Å². The largest absolute Gasteiger partial charge is 0.497 e. The third-order valence-electron chi connectivity index (χ3n) is 5.07. The van der Waals surface area contributed by atoms with Crippen molar-refractivity contribution >= 4 is 10.8 Å². The van der Waals surface area contributed by atoms with E-state index in [2.05, 4.69) is 0 Å². The molecule has 2 aromatic carbocycles. The van der Waals surface area contributed by atoms with Crippen molar-refractivity contribution in [2.45, 2.75) is 40.3 Å². The van der Waals surface area contributed by atoms with Crippen molar-refractivity contribution < 1.29 is 39.2 Å². The molecule has 1 unspecified atom stereocenters. The zero-order valence-electron chi connectivity index (χ0n) is 15.7. The van der Waals surface area contributed by atoms with Crippen molar-refractivity contribution in [3.05, 3.63) is 60.2 Å². The topological polar surface area (TPSA) is 137 Å². The van der Waals surface area contributed by atoms with Crippen LogP contribution in [0.5, 0.6) is 5.75 Å². The number of ether oxygens (including phenoxy) is 2. The Morgan fingerprint density at radius 2 is 1.69 bits per heavy atom. The van der Waals surface area contributed by atoms with Gasteiger partial charge in [-0.3, -0.25) is 0 Å². The average molecular weight is 424 g/mol. The minimum atomic E-state index is -2.81. The highest BCUT2D eigenvalue weighted by atomic mass is 32.2. The average Bonchev–Trinajstić information content (AvgIpc) is 2.75. The number of hydrogen-bond donors (Lipinski definition) is 5. The number of hydrogen-bond acceptors (Lipinski definition) is 8. The Labute approximate surface area is 170 Å². The molecule has 0 spiro atoms. The molecule has 2 aromatic rings. The molecule has 1 aliphatic heterocycles. The van der Waals surface area contributed by atoms with E-state index >= 15 is 0 Å². The van der Waals surface area contributed by atoms with Gasteiger partial charge in [0, 0.05) is 11.3 Å². The van der Waals surface area contributed by atoms with Crippen molar-refractivity contribution in [3.63, 3.8) is 0 Å². The van der Waals surface area contributed by atoms with Crippen molar-refractivity contribution in [3.8, 4) is 5.75 Å². The van der Waals surface area contributed by atoms with Crippen LogP contribution in [-0.2, 0) is 22.0 Å². The fourth-order valence-electron chi connectivity index (χ4n) is 3.37. The predicted molar refractivity (Wildman–Crippen MR) is 103 cm³/mol. The molecule has 1 heterocycles. The van der Waals surface area contributed by atoms with Gasteiger partial charge in [-0.1, -0.05) is 30.3 Å². The number of aliphatic hydroxyl groups excluding tert-OH is 3. The van der Waals surface area contributed by atoms with Gasteiger partial charge in [-0.25, -0.2) is 4.21 Å². The second-order valence-corrected chi connectivity index (χ2v) is 8.45. The van der Waals surface area contributed by atoms with Gasteiger partial charge in [-0.15, -0.1) is 0 Å². The fraction of sp³-hybridized carbons (Fsp3) is 0.400. The van der Waals surface area contributed by atoms with Gasteiger partial charge in [0.2, 0.25) is 0 Å². The minimum absolute atomic E-state index is 0.142. The van der Waals surface area contributed by atoms with Crippen molar-refractivity contribution in [2.75, 3.05) is 13.7 Å². The summed E-state index contributed by atoms with van der Waals surface area (Å²) < 4.78 is 23.7. The van der Waals surface area contributed by atoms with Crippen LogP contribution in [0, 0.1) is 0 Å². The van der Waals surface area contributed by atoms with E-state index in [1.54, 1.807) is 42.5 Å². The lowest BCUT2D eigenvalue weighted by Gasteiger charge is -2.52. The number of benzene rings is 2. The first-order valence-electron chi connectivity index (χ1n) is 8.96. The molecule has 29 heavy (non-hydrogen) atoms. The van der Waals surface area contributed by atoms with Gasteiger partial charge in [-0.05, 0) is 29.8 Å². The summed E-state index contributed by atoms with van der Waals surface area (Å²) in [6.45, 7) is -0.759. The Hall–Kier alpha value is -1.85. The zero-order valence-corrected chi connectivity index (χ0v) is 16.5. The highest BCUT2D eigenvalue weighted by Gasteiger charge is 2.66. The van der Waals surface area contributed by atoms with Crippen molar-refractivity contribution in [1.82, 2.24) is 0 Å². The summed E-state index contributed by atoms with van der Waals surface area (Å²) in [4.78, 5) is 0.142. The quantitative estimate of drug-likeness (QED) is 0.420. The Balaban J connectivity index is 2.06. The van der Waals surface area contributed by atoms with Crippen molar-refractivity contribution in [1.29, 1.82) is 0 Å². The van der Waals surface area contributed by atoms with E-state index in [0.29, 0.717) is 11.3 Å². The maximum absolute atomic E-state index is 13.2. The van der Waals surface area contributed by atoms with Crippen LogP contribution in [0.3, 0.4) is 0 Å². The maximum Gasteiger partial charge on any atom is 0.282 e. The molecule has 8 nitrogen and oxygen atoms in total. The summed E-state index contributed by atoms with van der Waals surface area (Å²) in [6, 6.07) is 14.2. The number of rotatable bonds is 6. The van der Waals surface area contributed by atoms with E-state index in [4.69, 9.17) is 9.47 Å². The van der Waals surface area contributed by atoms with Crippen LogP contribution >= 0.6 is 0 Å². The maximum atomic E-state index is 13.2. The second kappa shape index (κ2) is 8.49. The van der Waals surface area contributed by atoms with Gasteiger partial charge >= 0.3 is 0 Å². The highest BCUT2D eigenvalue weighted by molar-refractivity contribution is 7.86. The summed E-state index contributed by atoms with van der Waals surface area (Å²) in [5, 5.41) is 50.3. The van der Waals surface area contributed by atoms with E-state index in [1.165, 1.54) is 19.2 Å². The molecule has 0 aliphatic carbocycles. The van der Waals surface area contributed by atoms with Gasteiger partial charge < -0.3 is 35.0 Å². The lowest BCUT2D eigenvalue weighted by Crippen LogP contribution is -2.75. The normalized spacial score (nSPS) is 33.2. The van der Waals surface area contributed by atoms with Gasteiger partial charge in [0.05, 0.1) is 13.7 Å². The molecule has 3 rings (SSSR count). The summed E-state index contributed by atoms with van der Waals surface area (Å²) in [7, 11) is -0.872. The minimum Gasteiger partial charge on any atom is -0.497 e. The molecule has 6 atom stereocenters. The molecule has 1 saturated heterocycles. The van der Waals surface area contributed by atoms with Gasteiger partial charge in [0.1, 0.15) is 34.9 Å². The zero-order chi connectivity index (χ0) is 21.2. The Kier molecular flexibility index (Phi) is 6.39. The van der Waals surface area contributed by atoms with E-state index < -0.39 is 46.4 Å². The van der Waals surface area contributed by atoms with Crippen molar-refractivity contribution in [2.24, 2.45) is 0 Å². The van der Waals surface area contributed by atoms with Gasteiger partial charge in [0.25, 0.3) is 5.12 Å². The molecule has 0 amide bonds. The smallest absolute Gasteiger partial charge is 0.282 e. The van der Waals surface area contributed by atoms with Crippen LogP contribution in [-0.4, -0.2) is 72.5 Å². The van der Waals surface area contributed by atoms with Crippen LogP contribution in [0.2, 0.25) is 0 Å². The monoisotopic (exact) mass is 424 g/mol. The Bertz CT molecular complexity index is 845. The number of aliphatic hydroxyl groups is 5. The predicted octanol–water partition coefficient (Wildman–Crippen LogP) is -0.464. The third-order valence-corrected chi connectivity index (χ3v) is 6.73. The molecule has 1 aliphatic rings. The summed E-state index contributed by atoms with van der Waals surface area (Å²) in [6.07, 6.45) is -5.49. The summed E-state index contributed by atoms with van der Waals surface area (Å²) in [5.41, 5.74) is -2.08. The lowest BCUT2D eigenvalue weighted by molar-refractivity contribution is -0.349. The molecular formula is C20H24O8S. The standard InChI is InChI=1S/C20H24O8S/c1-27-14-9-7-13(8-10-14)11-19(24)18(23)17(22)16(12-21)28-20(19,25)29(26)15-5-3-2-4-6-15/h2-10,16-18,21-25H,11-12H2,1H3/t16-,17+,18+,19-,20-,29?/m0/s1. The van der Waals surface area contributed by atoms with E-state index in [9.17, 15) is 29.7 Å². The molecule has 0 aromatic heterocycles. The summed E-state index contributed by atoms with van der Waals surface area (Å²) in [5.74, 6) is 0.560. The van der Waals surface area contributed by atoms with E-state index in [-0.39, 0.29) is 11.3 Å². The SMILES string of the molecule is COc1ccc(C[C@]2(O)[C@H](O)[C@H](O)[C@H](CO)O[C@]2(O)S(=O)c2ccccc2)cc1. The molecule has 1 fully saturated rings. The Morgan fingerprint density at radius 3 is 2.24 bits per heavy atom. The first kappa shape index (κ1) is 21.8.